The van der Waals surface area contributed by atoms with Crippen LogP contribution in [0.4, 0.5) is 28.7 Å². The molecule has 126 valence electrons. The van der Waals surface area contributed by atoms with Gasteiger partial charge in [-0.25, -0.2) is 9.97 Å². The molecule has 0 radical (unpaired) electrons. The number of aromatic hydroxyl groups is 2. The number of nitrogens with zero attached hydrogens (tertiary/aromatic N) is 3. The number of phenolic OH excluding ortho intramolecular Hbond substituents is 2. The molecular weight excluding hydrogens is 326 g/mol. The molecule has 0 aliphatic rings. The minimum Gasteiger partial charge on any atom is -0.506 e. The Labute approximate surface area is 141 Å². The van der Waals surface area contributed by atoms with Gasteiger partial charge in [0.2, 0.25) is 11.6 Å². The fourth-order valence-corrected chi connectivity index (χ4v) is 2.15. The summed E-state index contributed by atoms with van der Waals surface area (Å²) < 4.78 is 0. The predicted octanol–water partition coefficient (Wildman–Crippen LogP) is 3.28. The normalized spacial score (nSPS) is 10.2. The number of hydrogen-bond donors (Lipinski definition) is 4. The van der Waals surface area contributed by atoms with Crippen molar-refractivity contribution >= 4 is 28.7 Å². The maximum absolute atomic E-state index is 11.5. The van der Waals surface area contributed by atoms with Crippen molar-refractivity contribution in [2.24, 2.45) is 0 Å². The van der Waals surface area contributed by atoms with Crippen molar-refractivity contribution in [3.8, 4) is 11.5 Å². The first kappa shape index (κ1) is 16.0. The average molecular weight is 339 g/mol. The van der Waals surface area contributed by atoms with Crippen molar-refractivity contribution in [2.45, 2.75) is 0 Å². The van der Waals surface area contributed by atoms with E-state index in [9.17, 15) is 20.3 Å². The van der Waals surface area contributed by atoms with Gasteiger partial charge in [-0.2, -0.15) is 0 Å². The highest BCUT2D eigenvalue weighted by molar-refractivity contribution is 5.79. The van der Waals surface area contributed by atoms with Crippen molar-refractivity contribution in [1.82, 2.24) is 9.97 Å². The molecule has 9 heteroatoms. The van der Waals surface area contributed by atoms with Crippen LogP contribution in [0.25, 0.3) is 0 Å². The van der Waals surface area contributed by atoms with Gasteiger partial charge in [0, 0.05) is 0 Å². The van der Waals surface area contributed by atoms with E-state index < -0.39 is 10.6 Å². The summed E-state index contributed by atoms with van der Waals surface area (Å²) in [6.07, 6.45) is 1.14. The lowest BCUT2D eigenvalue weighted by molar-refractivity contribution is -0.383. The van der Waals surface area contributed by atoms with E-state index in [2.05, 4.69) is 20.6 Å². The number of anilines is 4. The van der Waals surface area contributed by atoms with Crippen molar-refractivity contribution in [2.75, 3.05) is 10.6 Å². The second kappa shape index (κ2) is 6.71. The summed E-state index contributed by atoms with van der Waals surface area (Å²) in [6.45, 7) is 0. The van der Waals surface area contributed by atoms with Gasteiger partial charge in [-0.05, 0) is 24.3 Å². The molecule has 0 bridgehead atoms. The van der Waals surface area contributed by atoms with Gasteiger partial charge < -0.3 is 20.8 Å². The van der Waals surface area contributed by atoms with E-state index in [1.165, 1.54) is 12.1 Å². The standard InChI is InChI=1S/C16H13N5O4/c22-12-7-3-1-5-10(12)19-15-14(21(24)25)16(18-9-17-15)20-11-6-2-4-8-13(11)23/h1-9,22-23H,(H2,17,18,19,20). The molecule has 0 aliphatic carbocycles. The Hall–Kier alpha value is -3.88. The third kappa shape index (κ3) is 3.39. The molecule has 0 spiro atoms. The van der Waals surface area contributed by atoms with Gasteiger partial charge in [-0.1, -0.05) is 24.3 Å². The zero-order chi connectivity index (χ0) is 17.8. The molecule has 1 heterocycles. The molecular formula is C16H13N5O4. The van der Waals surface area contributed by atoms with Crippen LogP contribution in [-0.2, 0) is 0 Å². The Morgan fingerprint density at radius 1 is 0.840 bits per heavy atom. The number of nitrogens with one attached hydrogen (secondary N) is 2. The summed E-state index contributed by atoms with van der Waals surface area (Å²) in [4.78, 5) is 18.6. The van der Waals surface area contributed by atoms with Gasteiger partial charge in [0.15, 0.2) is 0 Å². The summed E-state index contributed by atoms with van der Waals surface area (Å²) in [6, 6.07) is 12.6. The summed E-state index contributed by atoms with van der Waals surface area (Å²) in [5, 5.41) is 36.6. The number of benzene rings is 2. The third-order valence-electron chi connectivity index (χ3n) is 3.32. The molecule has 9 nitrogen and oxygen atoms in total. The van der Waals surface area contributed by atoms with Crippen molar-refractivity contribution in [3.63, 3.8) is 0 Å². The van der Waals surface area contributed by atoms with Crippen LogP contribution < -0.4 is 10.6 Å². The zero-order valence-electron chi connectivity index (χ0n) is 12.7. The second-order valence-electron chi connectivity index (χ2n) is 4.96. The van der Waals surface area contributed by atoms with Gasteiger partial charge in [0.1, 0.15) is 17.8 Å². The minimum atomic E-state index is -0.648. The van der Waals surface area contributed by atoms with Crippen LogP contribution >= 0.6 is 0 Å². The van der Waals surface area contributed by atoms with Gasteiger partial charge >= 0.3 is 5.69 Å². The van der Waals surface area contributed by atoms with E-state index in [0.29, 0.717) is 0 Å². The number of nitro groups is 1. The van der Waals surface area contributed by atoms with Crippen molar-refractivity contribution in [1.29, 1.82) is 0 Å². The SMILES string of the molecule is O=[N+]([O-])c1c(Nc2ccccc2O)ncnc1Nc1ccccc1O. The maximum atomic E-state index is 11.5. The van der Waals surface area contributed by atoms with Crippen molar-refractivity contribution < 1.29 is 15.1 Å². The van der Waals surface area contributed by atoms with Crippen LogP contribution in [0, 0.1) is 10.1 Å². The van der Waals surface area contributed by atoms with E-state index in [1.54, 1.807) is 36.4 Å². The van der Waals surface area contributed by atoms with Gasteiger partial charge in [0.05, 0.1) is 16.3 Å². The van der Waals surface area contributed by atoms with E-state index in [0.717, 1.165) is 6.33 Å². The first-order chi connectivity index (χ1) is 12.1. The van der Waals surface area contributed by atoms with E-state index in [4.69, 9.17) is 0 Å². The van der Waals surface area contributed by atoms with Crippen LogP contribution in [0.2, 0.25) is 0 Å². The summed E-state index contributed by atoms with van der Waals surface area (Å²) >= 11 is 0. The Balaban J connectivity index is 2.02. The highest BCUT2D eigenvalue weighted by Crippen LogP contribution is 2.36. The van der Waals surface area contributed by atoms with E-state index in [1.807, 2.05) is 0 Å². The molecule has 0 saturated carbocycles. The number of hydrogen-bond acceptors (Lipinski definition) is 8. The number of phenols is 2. The molecule has 3 aromatic rings. The molecule has 2 aromatic carbocycles. The lowest BCUT2D eigenvalue weighted by atomic mass is 10.2. The van der Waals surface area contributed by atoms with E-state index in [-0.39, 0.29) is 34.5 Å². The Bertz CT molecular complexity index is 866. The van der Waals surface area contributed by atoms with Crippen LogP contribution in [0.5, 0.6) is 11.5 Å². The smallest absolute Gasteiger partial charge is 0.353 e. The first-order valence-electron chi connectivity index (χ1n) is 7.15. The van der Waals surface area contributed by atoms with Gasteiger partial charge in [0.25, 0.3) is 0 Å². The largest absolute Gasteiger partial charge is 0.506 e. The molecule has 0 amide bonds. The quantitative estimate of drug-likeness (QED) is 0.316. The molecule has 0 atom stereocenters. The number of para-hydroxylation sites is 4. The number of aromatic nitrogens is 2. The lowest BCUT2D eigenvalue weighted by Gasteiger charge is -2.11. The first-order valence-corrected chi connectivity index (χ1v) is 7.15. The van der Waals surface area contributed by atoms with Crippen LogP contribution in [0.3, 0.4) is 0 Å². The van der Waals surface area contributed by atoms with Crippen LogP contribution in [0.1, 0.15) is 0 Å². The van der Waals surface area contributed by atoms with Crippen LogP contribution in [-0.4, -0.2) is 25.1 Å². The maximum Gasteiger partial charge on any atom is 0.353 e. The highest BCUT2D eigenvalue weighted by Gasteiger charge is 2.24. The lowest BCUT2D eigenvalue weighted by Crippen LogP contribution is -2.05. The van der Waals surface area contributed by atoms with Gasteiger partial charge in [-0.3, -0.25) is 10.1 Å². The molecule has 0 fully saturated rings. The predicted molar refractivity (Wildman–Crippen MR) is 91.5 cm³/mol. The average Bonchev–Trinajstić information content (AvgIpc) is 2.59. The van der Waals surface area contributed by atoms with Crippen LogP contribution in [0.15, 0.2) is 54.9 Å². The molecule has 4 N–H and O–H groups in total. The fourth-order valence-electron chi connectivity index (χ4n) is 2.15. The minimum absolute atomic E-state index is 0.0781. The molecule has 0 saturated heterocycles. The highest BCUT2D eigenvalue weighted by atomic mass is 16.6. The fraction of sp³-hybridized carbons (Fsp3) is 0. The Morgan fingerprint density at radius 2 is 1.28 bits per heavy atom. The number of rotatable bonds is 5. The molecule has 0 unspecified atom stereocenters. The molecule has 3 rings (SSSR count). The molecule has 25 heavy (non-hydrogen) atoms. The van der Waals surface area contributed by atoms with Gasteiger partial charge in [-0.15, -0.1) is 0 Å². The Morgan fingerprint density at radius 3 is 1.68 bits per heavy atom. The topological polar surface area (TPSA) is 133 Å². The third-order valence-corrected chi connectivity index (χ3v) is 3.32. The summed E-state index contributed by atoms with van der Waals surface area (Å²) in [5.74, 6) is -0.352. The summed E-state index contributed by atoms with van der Waals surface area (Å²) in [7, 11) is 0. The van der Waals surface area contributed by atoms with E-state index >= 15 is 0 Å². The zero-order valence-corrected chi connectivity index (χ0v) is 12.7. The summed E-state index contributed by atoms with van der Waals surface area (Å²) in [5.41, 5.74) is 0.102. The monoisotopic (exact) mass is 339 g/mol. The van der Waals surface area contributed by atoms with Crippen molar-refractivity contribution in [3.05, 3.63) is 65.0 Å². The molecule has 0 aliphatic heterocycles. The second-order valence-corrected chi connectivity index (χ2v) is 4.96. The Kier molecular flexibility index (Phi) is 4.29. The molecule has 1 aromatic heterocycles.